The Morgan fingerprint density at radius 3 is 2.67 bits per heavy atom. The molecule has 0 aliphatic heterocycles. The van der Waals surface area contributed by atoms with Crippen LogP contribution in [0.5, 0.6) is 5.75 Å². The summed E-state index contributed by atoms with van der Waals surface area (Å²) in [6.45, 7) is 1.94. The summed E-state index contributed by atoms with van der Waals surface area (Å²) >= 11 is 0. The Kier molecular flexibility index (Phi) is 4.33. The van der Waals surface area contributed by atoms with Gasteiger partial charge in [-0.25, -0.2) is 4.79 Å². The van der Waals surface area contributed by atoms with Crippen molar-refractivity contribution in [1.82, 2.24) is 4.98 Å². The molecule has 122 valence electrons. The van der Waals surface area contributed by atoms with Gasteiger partial charge in [-0.05, 0) is 43.3 Å². The minimum atomic E-state index is -0.362. The molecule has 1 N–H and O–H groups in total. The molecular formula is C19H18N2O3. The first-order chi connectivity index (χ1) is 11.6. The average molecular weight is 322 g/mol. The standard InChI is InChI=1S/C19H18N2O3/c1-12-9-17(16-8-7-15(23-2)11-18(16)20-12)21-14-6-4-5-13(10-14)19(22)24-3/h4-11H,1-3H3,(H,20,21). The van der Waals surface area contributed by atoms with Crippen molar-refractivity contribution in [3.05, 3.63) is 59.8 Å². The van der Waals surface area contributed by atoms with Gasteiger partial charge in [-0.1, -0.05) is 6.07 Å². The third kappa shape index (κ3) is 3.15. The minimum absolute atomic E-state index is 0.362. The Bertz CT molecular complexity index is 906. The van der Waals surface area contributed by atoms with Crippen LogP contribution >= 0.6 is 0 Å². The van der Waals surface area contributed by atoms with Crippen LogP contribution in [0.1, 0.15) is 16.1 Å². The third-order valence-corrected chi connectivity index (χ3v) is 3.71. The number of carbonyl (C=O) groups excluding carboxylic acids is 1. The number of pyridine rings is 1. The zero-order valence-electron chi connectivity index (χ0n) is 13.8. The van der Waals surface area contributed by atoms with Crippen molar-refractivity contribution in [2.24, 2.45) is 0 Å². The molecule has 0 fully saturated rings. The molecule has 0 radical (unpaired) electrons. The van der Waals surface area contributed by atoms with Gasteiger partial charge in [0.1, 0.15) is 5.75 Å². The van der Waals surface area contributed by atoms with Gasteiger partial charge in [0.15, 0.2) is 0 Å². The molecule has 5 nitrogen and oxygen atoms in total. The van der Waals surface area contributed by atoms with Crippen molar-refractivity contribution in [3.8, 4) is 5.75 Å². The van der Waals surface area contributed by atoms with Crippen LogP contribution in [0.15, 0.2) is 48.5 Å². The Morgan fingerprint density at radius 1 is 1.08 bits per heavy atom. The van der Waals surface area contributed by atoms with E-state index in [4.69, 9.17) is 9.47 Å². The zero-order valence-corrected chi connectivity index (χ0v) is 13.8. The fourth-order valence-corrected chi connectivity index (χ4v) is 2.57. The van der Waals surface area contributed by atoms with E-state index in [0.717, 1.165) is 33.7 Å². The summed E-state index contributed by atoms with van der Waals surface area (Å²) < 4.78 is 10.0. The number of ether oxygens (including phenoxy) is 2. The quantitative estimate of drug-likeness (QED) is 0.733. The molecule has 0 aliphatic rings. The van der Waals surface area contributed by atoms with Crippen molar-refractivity contribution in [1.29, 1.82) is 0 Å². The maximum absolute atomic E-state index is 11.7. The zero-order chi connectivity index (χ0) is 17.1. The van der Waals surface area contributed by atoms with E-state index in [1.54, 1.807) is 19.2 Å². The van der Waals surface area contributed by atoms with Gasteiger partial charge in [-0.2, -0.15) is 0 Å². The van der Waals surface area contributed by atoms with Gasteiger partial charge in [-0.3, -0.25) is 4.98 Å². The molecule has 0 amide bonds. The number of benzene rings is 2. The molecule has 0 atom stereocenters. The first-order valence-corrected chi connectivity index (χ1v) is 7.51. The number of aryl methyl sites for hydroxylation is 1. The van der Waals surface area contributed by atoms with E-state index in [-0.39, 0.29) is 5.97 Å². The number of rotatable bonds is 4. The van der Waals surface area contributed by atoms with Gasteiger partial charge in [-0.15, -0.1) is 0 Å². The molecule has 24 heavy (non-hydrogen) atoms. The van der Waals surface area contributed by atoms with E-state index in [1.165, 1.54) is 7.11 Å². The van der Waals surface area contributed by atoms with Crippen molar-refractivity contribution in [2.45, 2.75) is 6.92 Å². The fraction of sp³-hybridized carbons (Fsp3) is 0.158. The topological polar surface area (TPSA) is 60.5 Å². The van der Waals surface area contributed by atoms with Crippen LogP contribution in [0.4, 0.5) is 11.4 Å². The lowest BCUT2D eigenvalue weighted by atomic mass is 10.1. The van der Waals surface area contributed by atoms with Crippen molar-refractivity contribution >= 4 is 28.2 Å². The SMILES string of the molecule is COC(=O)c1cccc(Nc2cc(C)nc3cc(OC)ccc23)c1. The Balaban J connectivity index is 2.02. The largest absolute Gasteiger partial charge is 0.497 e. The van der Waals surface area contributed by atoms with E-state index < -0.39 is 0 Å². The second kappa shape index (κ2) is 6.58. The number of fused-ring (bicyclic) bond motifs is 1. The van der Waals surface area contributed by atoms with Crippen LogP contribution in [0.25, 0.3) is 10.9 Å². The smallest absolute Gasteiger partial charge is 0.337 e. The van der Waals surface area contributed by atoms with Gasteiger partial charge in [0.05, 0.1) is 25.3 Å². The maximum atomic E-state index is 11.7. The fourth-order valence-electron chi connectivity index (χ4n) is 2.57. The van der Waals surface area contributed by atoms with Crippen LogP contribution in [0.3, 0.4) is 0 Å². The molecule has 0 bridgehead atoms. The predicted octanol–water partition coefficient (Wildman–Crippen LogP) is 4.08. The molecule has 5 heteroatoms. The highest BCUT2D eigenvalue weighted by molar-refractivity contribution is 5.95. The lowest BCUT2D eigenvalue weighted by molar-refractivity contribution is 0.0601. The van der Waals surface area contributed by atoms with Crippen molar-refractivity contribution in [3.63, 3.8) is 0 Å². The first kappa shape index (κ1) is 15.8. The Morgan fingerprint density at radius 2 is 1.92 bits per heavy atom. The highest BCUT2D eigenvalue weighted by atomic mass is 16.5. The van der Waals surface area contributed by atoms with Gasteiger partial charge in [0.25, 0.3) is 0 Å². The minimum Gasteiger partial charge on any atom is -0.497 e. The van der Waals surface area contributed by atoms with Crippen LogP contribution in [0.2, 0.25) is 0 Å². The third-order valence-electron chi connectivity index (χ3n) is 3.71. The Labute approximate surface area is 140 Å². The number of methoxy groups -OCH3 is 2. The van der Waals surface area contributed by atoms with E-state index in [1.807, 2.05) is 43.3 Å². The summed E-state index contributed by atoms with van der Waals surface area (Å²) in [5, 5.41) is 4.33. The number of carbonyl (C=O) groups is 1. The van der Waals surface area contributed by atoms with E-state index >= 15 is 0 Å². The second-order valence-corrected chi connectivity index (χ2v) is 5.39. The van der Waals surface area contributed by atoms with Crippen LogP contribution in [-0.2, 0) is 4.74 Å². The average Bonchev–Trinajstić information content (AvgIpc) is 2.60. The number of hydrogen-bond acceptors (Lipinski definition) is 5. The van der Waals surface area contributed by atoms with Gasteiger partial charge < -0.3 is 14.8 Å². The van der Waals surface area contributed by atoms with E-state index in [2.05, 4.69) is 10.3 Å². The molecule has 2 aromatic carbocycles. The van der Waals surface area contributed by atoms with Crippen LogP contribution in [0, 0.1) is 6.92 Å². The number of anilines is 2. The van der Waals surface area contributed by atoms with E-state index in [0.29, 0.717) is 5.56 Å². The van der Waals surface area contributed by atoms with Crippen LogP contribution in [-0.4, -0.2) is 25.2 Å². The van der Waals surface area contributed by atoms with Crippen molar-refractivity contribution in [2.75, 3.05) is 19.5 Å². The predicted molar refractivity (Wildman–Crippen MR) is 94.1 cm³/mol. The lowest BCUT2D eigenvalue weighted by Gasteiger charge is -2.12. The lowest BCUT2D eigenvalue weighted by Crippen LogP contribution is -2.02. The van der Waals surface area contributed by atoms with Gasteiger partial charge >= 0.3 is 5.97 Å². The van der Waals surface area contributed by atoms with Gasteiger partial charge in [0, 0.05) is 28.5 Å². The first-order valence-electron chi connectivity index (χ1n) is 7.51. The number of esters is 1. The molecule has 3 rings (SSSR count). The number of nitrogens with one attached hydrogen (secondary N) is 1. The molecule has 0 saturated carbocycles. The molecule has 1 aromatic heterocycles. The van der Waals surface area contributed by atoms with Crippen LogP contribution < -0.4 is 10.1 Å². The molecule has 0 spiro atoms. The normalized spacial score (nSPS) is 10.5. The number of hydrogen-bond donors (Lipinski definition) is 1. The number of aromatic nitrogens is 1. The number of nitrogens with zero attached hydrogens (tertiary/aromatic N) is 1. The summed E-state index contributed by atoms with van der Waals surface area (Å²) in [4.78, 5) is 16.2. The molecule has 0 unspecified atom stereocenters. The summed E-state index contributed by atoms with van der Waals surface area (Å²) in [5.41, 5.74) is 3.96. The highest BCUT2D eigenvalue weighted by Gasteiger charge is 2.09. The molecule has 1 heterocycles. The molecule has 0 saturated heterocycles. The van der Waals surface area contributed by atoms with Crippen molar-refractivity contribution < 1.29 is 14.3 Å². The summed E-state index contributed by atoms with van der Waals surface area (Å²) in [6, 6.07) is 14.9. The van der Waals surface area contributed by atoms with E-state index in [9.17, 15) is 4.79 Å². The summed E-state index contributed by atoms with van der Waals surface area (Å²) in [6.07, 6.45) is 0. The molecular weight excluding hydrogens is 304 g/mol. The maximum Gasteiger partial charge on any atom is 0.337 e. The Hall–Kier alpha value is -3.08. The monoisotopic (exact) mass is 322 g/mol. The molecule has 3 aromatic rings. The van der Waals surface area contributed by atoms with Gasteiger partial charge in [0.2, 0.25) is 0 Å². The summed E-state index contributed by atoms with van der Waals surface area (Å²) in [7, 11) is 3.00. The molecule has 0 aliphatic carbocycles. The second-order valence-electron chi connectivity index (χ2n) is 5.39. The highest BCUT2D eigenvalue weighted by Crippen LogP contribution is 2.29. The summed E-state index contributed by atoms with van der Waals surface area (Å²) in [5.74, 6) is 0.401.